The fourth-order valence-corrected chi connectivity index (χ4v) is 2.54. The molecule has 3 nitrogen and oxygen atoms in total. The maximum absolute atomic E-state index is 5.95. The van der Waals surface area contributed by atoms with E-state index in [1.165, 1.54) is 5.56 Å². The van der Waals surface area contributed by atoms with Gasteiger partial charge in [0, 0.05) is 16.5 Å². The predicted molar refractivity (Wildman–Crippen MR) is 87.7 cm³/mol. The van der Waals surface area contributed by atoms with Gasteiger partial charge in [-0.25, -0.2) is 0 Å². The van der Waals surface area contributed by atoms with Crippen molar-refractivity contribution in [2.75, 3.05) is 14.2 Å². The van der Waals surface area contributed by atoms with Gasteiger partial charge in [0.2, 0.25) is 0 Å². The molecule has 4 heteroatoms. The Morgan fingerprint density at radius 3 is 2.33 bits per heavy atom. The smallest absolute Gasteiger partial charge is 0.125 e. The first-order valence-corrected chi connectivity index (χ1v) is 7.79. The van der Waals surface area contributed by atoms with Gasteiger partial charge in [-0.1, -0.05) is 27.6 Å². The van der Waals surface area contributed by atoms with Gasteiger partial charge in [-0.05, 0) is 37.3 Å². The van der Waals surface area contributed by atoms with Gasteiger partial charge in [-0.2, -0.15) is 0 Å². The molecule has 0 aliphatic heterocycles. The number of ether oxygens (including phenoxy) is 3. The first-order valence-electron chi connectivity index (χ1n) is 6.67. The van der Waals surface area contributed by atoms with Crippen molar-refractivity contribution in [2.45, 2.75) is 18.9 Å². The Labute approximate surface area is 134 Å². The zero-order valence-corrected chi connectivity index (χ0v) is 14.1. The lowest BCUT2D eigenvalue weighted by Gasteiger charge is -2.14. The molecule has 0 saturated carbocycles. The van der Waals surface area contributed by atoms with Gasteiger partial charge < -0.3 is 14.2 Å². The van der Waals surface area contributed by atoms with Crippen LogP contribution in [-0.2, 0) is 11.9 Å². The van der Waals surface area contributed by atoms with Crippen LogP contribution >= 0.6 is 15.9 Å². The summed E-state index contributed by atoms with van der Waals surface area (Å²) in [7, 11) is 3.33. The van der Waals surface area contributed by atoms with Gasteiger partial charge in [0.15, 0.2) is 0 Å². The molecular weight excluding hydrogens is 332 g/mol. The lowest BCUT2D eigenvalue weighted by atomic mass is 10.1. The molecular formula is C17H19BrO3. The largest absolute Gasteiger partial charge is 0.497 e. The van der Waals surface area contributed by atoms with E-state index in [1.54, 1.807) is 14.2 Å². The van der Waals surface area contributed by atoms with Crippen molar-refractivity contribution in [3.63, 3.8) is 0 Å². The summed E-state index contributed by atoms with van der Waals surface area (Å²) in [5.41, 5.74) is 3.28. The average molecular weight is 351 g/mol. The molecule has 0 N–H and O–H groups in total. The van der Waals surface area contributed by atoms with Gasteiger partial charge in [-0.3, -0.25) is 0 Å². The SMILES string of the molecule is COc1ccc(OCc2cc(C)ccc2OC)c(CBr)c1. The minimum atomic E-state index is 0.469. The van der Waals surface area contributed by atoms with E-state index in [0.29, 0.717) is 11.9 Å². The van der Waals surface area contributed by atoms with Gasteiger partial charge in [-0.15, -0.1) is 0 Å². The van der Waals surface area contributed by atoms with Crippen LogP contribution in [0.3, 0.4) is 0 Å². The van der Waals surface area contributed by atoms with Crippen LogP contribution in [0.25, 0.3) is 0 Å². The Morgan fingerprint density at radius 2 is 1.67 bits per heavy atom. The van der Waals surface area contributed by atoms with Crippen LogP contribution in [0.5, 0.6) is 17.2 Å². The van der Waals surface area contributed by atoms with Crippen molar-refractivity contribution < 1.29 is 14.2 Å². The molecule has 0 unspecified atom stereocenters. The molecule has 2 aromatic rings. The molecule has 2 rings (SSSR count). The van der Waals surface area contributed by atoms with E-state index < -0.39 is 0 Å². The number of hydrogen-bond acceptors (Lipinski definition) is 3. The van der Waals surface area contributed by atoms with Crippen molar-refractivity contribution in [1.29, 1.82) is 0 Å². The van der Waals surface area contributed by atoms with Gasteiger partial charge in [0.1, 0.15) is 23.9 Å². The molecule has 0 spiro atoms. The van der Waals surface area contributed by atoms with Crippen molar-refractivity contribution in [1.82, 2.24) is 0 Å². The second kappa shape index (κ2) is 7.36. The Balaban J connectivity index is 2.18. The van der Waals surface area contributed by atoms with Crippen LogP contribution in [0.15, 0.2) is 36.4 Å². The van der Waals surface area contributed by atoms with Crippen LogP contribution in [0, 0.1) is 6.92 Å². The summed E-state index contributed by atoms with van der Waals surface area (Å²) in [6, 6.07) is 11.9. The fourth-order valence-electron chi connectivity index (χ4n) is 2.10. The van der Waals surface area contributed by atoms with Crippen LogP contribution < -0.4 is 14.2 Å². The Morgan fingerprint density at radius 1 is 0.905 bits per heavy atom. The van der Waals surface area contributed by atoms with E-state index >= 15 is 0 Å². The van der Waals surface area contributed by atoms with Crippen molar-refractivity contribution in [3.8, 4) is 17.2 Å². The molecule has 0 aliphatic carbocycles. The number of hydrogen-bond donors (Lipinski definition) is 0. The Kier molecular flexibility index (Phi) is 5.51. The summed E-state index contributed by atoms with van der Waals surface area (Å²) in [5, 5.41) is 0.713. The summed E-state index contributed by atoms with van der Waals surface area (Å²) >= 11 is 3.48. The number of methoxy groups -OCH3 is 2. The first kappa shape index (κ1) is 15.7. The number of halogens is 1. The molecule has 0 aliphatic rings. The highest BCUT2D eigenvalue weighted by atomic mass is 79.9. The molecule has 0 amide bonds. The van der Waals surface area contributed by atoms with Crippen molar-refractivity contribution >= 4 is 15.9 Å². The summed E-state index contributed by atoms with van der Waals surface area (Å²) in [6.45, 7) is 2.53. The minimum Gasteiger partial charge on any atom is -0.497 e. The molecule has 0 atom stereocenters. The number of alkyl halides is 1. The second-order valence-electron chi connectivity index (χ2n) is 4.71. The topological polar surface area (TPSA) is 27.7 Å². The fraction of sp³-hybridized carbons (Fsp3) is 0.294. The lowest BCUT2D eigenvalue weighted by Crippen LogP contribution is -2.01. The van der Waals surface area contributed by atoms with Crippen molar-refractivity contribution in [3.05, 3.63) is 53.1 Å². The molecule has 0 aromatic heterocycles. The molecule has 0 fully saturated rings. The van der Waals surface area contributed by atoms with E-state index in [-0.39, 0.29) is 0 Å². The van der Waals surface area contributed by atoms with E-state index in [9.17, 15) is 0 Å². The highest BCUT2D eigenvalue weighted by Crippen LogP contribution is 2.28. The highest BCUT2D eigenvalue weighted by molar-refractivity contribution is 9.08. The first-order chi connectivity index (χ1) is 10.2. The van der Waals surface area contributed by atoms with E-state index in [0.717, 1.165) is 28.4 Å². The molecule has 2 aromatic carbocycles. The maximum atomic E-state index is 5.95. The number of aryl methyl sites for hydroxylation is 1. The molecule has 0 heterocycles. The van der Waals surface area contributed by atoms with Crippen LogP contribution in [0.4, 0.5) is 0 Å². The summed E-state index contributed by atoms with van der Waals surface area (Å²) in [5.74, 6) is 2.51. The summed E-state index contributed by atoms with van der Waals surface area (Å²) < 4.78 is 16.5. The third-order valence-corrected chi connectivity index (χ3v) is 3.83. The molecule has 112 valence electrons. The predicted octanol–water partition coefficient (Wildman–Crippen LogP) is 4.49. The maximum Gasteiger partial charge on any atom is 0.125 e. The summed E-state index contributed by atoms with van der Waals surface area (Å²) in [6.07, 6.45) is 0. The minimum absolute atomic E-state index is 0.469. The Bertz CT molecular complexity index is 611. The average Bonchev–Trinajstić information content (AvgIpc) is 2.52. The molecule has 0 radical (unpaired) electrons. The molecule has 21 heavy (non-hydrogen) atoms. The third-order valence-electron chi connectivity index (χ3n) is 3.23. The lowest BCUT2D eigenvalue weighted by molar-refractivity contribution is 0.294. The standard InChI is InChI=1S/C17H19BrO3/c1-12-4-6-16(20-3)14(8-12)11-21-17-7-5-15(19-2)9-13(17)10-18/h4-9H,10-11H2,1-3H3. The monoisotopic (exact) mass is 350 g/mol. The number of benzene rings is 2. The normalized spacial score (nSPS) is 10.3. The Hall–Kier alpha value is -1.68. The quantitative estimate of drug-likeness (QED) is 0.718. The summed E-state index contributed by atoms with van der Waals surface area (Å²) in [4.78, 5) is 0. The van der Waals surface area contributed by atoms with Crippen LogP contribution in [0.2, 0.25) is 0 Å². The van der Waals surface area contributed by atoms with Gasteiger partial charge in [0.05, 0.1) is 14.2 Å². The van der Waals surface area contributed by atoms with E-state index in [2.05, 4.69) is 28.9 Å². The second-order valence-corrected chi connectivity index (χ2v) is 5.27. The van der Waals surface area contributed by atoms with Gasteiger partial charge >= 0.3 is 0 Å². The molecule has 0 bridgehead atoms. The van der Waals surface area contributed by atoms with Crippen molar-refractivity contribution in [2.24, 2.45) is 0 Å². The third kappa shape index (κ3) is 3.91. The van der Waals surface area contributed by atoms with Crippen LogP contribution in [0.1, 0.15) is 16.7 Å². The molecule has 0 saturated heterocycles. The van der Waals surface area contributed by atoms with Crippen LogP contribution in [-0.4, -0.2) is 14.2 Å². The number of rotatable bonds is 6. The van der Waals surface area contributed by atoms with E-state index in [4.69, 9.17) is 14.2 Å². The van der Waals surface area contributed by atoms with Gasteiger partial charge in [0.25, 0.3) is 0 Å². The highest BCUT2D eigenvalue weighted by Gasteiger charge is 2.08. The van der Waals surface area contributed by atoms with E-state index in [1.807, 2.05) is 30.3 Å². The zero-order valence-electron chi connectivity index (χ0n) is 12.5. The zero-order chi connectivity index (χ0) is 15.2.